The Morgan fingerprint density at radius 2 is 1.78 bits per heavy atom. The SMILES string of the molecule is CC=C1CCC2C3CCC4CC(O)CCC4(C)C3CC(O)C12C. The third-order valence-electron chi connectivity index (χ3n) is 8.94. The van der Waals surface area contributed by atoms with Gasteiger partial charge >= 0.3 is 0 Å². The zero-order valence-corrected chi connectivity index (χ0v) is 15.1. The van der Waals surface area contributed by atoms with Crippen LogP contribution < -0.4 is 0 Å². The molecular weight excluding hydrogens is 284 g/mol. The van der Waals surface area contributed by atoms with Crippen molar-refractivity contribution in [3.05, 3.63) is 11.6 Å². The fourth-order valence-electron chi connectivity index (χ4n) is 7.52. The predicted molar refractivity (Wildman–Crippen MR) is 92.9 cm³/mol. The fraction of sp³-hybridized carbons (Fsp3) is 0.905. The monoisotopic (exact) mass is 318 g/mol. The van der Waals surface area contributed by atoms with Gasteiger partial charge in [-0.3, -0.25) is 0 Å². The average Bonchev–Trinajstić information content (AvgIpc) is 2.87. The normalized spacial score (nSPS) is 57.7. The van der Waals surface area contributed by atoms with Crippen LogP contribution in [0.15, 0.2) is 11.6 Å². The van der Waals surface area contributed by atoms with Crippen LogP contribution >= 0.6 is 0 Å². The summed E-state index contributed by atoms with van der Waals surface area (Å²) in [7, 11) is 0. The molecule has 4 saturated carbocycles. The molecule has 8 atom stereocenters. The summed E-state index contributed by atoms with van der Waals surface area (Å²) in [5, 5.41) is 21.3. The standard InChI is InChI=1S/C21H34O2/c1-4-13-6-8-17-16-7-5-14-11-15(22)9-10-20(14,2)18(16)12-19(23)21(13,17)3/h4,14-19,22-23H,5-12H2,1-3H3. The lowest BCUT2D eigenvalue weighted by Crippen LogP contribution is -2.57. The summed E-state index contributed by atoms with van der Waals surface area (Å²) in [6.07, 6.45) is 11.2. The minimum atomic E-state index is -0.176. The lowest BCUT2D eigenvalue weighted by atomic mass is 9.44. The minimum absolute atomic E-state index is 0.0350. The Hall–Kier alpha value is -0.340. The number of aliphatic hydroxyl groups excluding tert-OH is 2. The molecule has 0 aromatic carbocycles. The van der Waals surface area contributed by atoms with Crippen LogP contribution in [0, 0.1) is 34.5 Å². The number of fused-ring (bicyclic) bond motifs is 5. The van der Waals surface area contributed by atoms with Gasteiger partial charge < -0.3 is 10.2 Å². The minimum Gasteiger partial charge on any atom is -0.393 e. The summed E-state index contributed by atoms with van der Waals surface area (Å²) >= 11 is 0. The van der Waals surface area contributed by atoms with E-state index in [1.54, 1.807) is 0 Å². The Kier molecular flexibility index (Phi) is 3.74. The Labute approximate surface area is 141 Å². The second-order valence-corrected chi connectivity index (χ2v) is 9.47. The van der Waals surface area contributed by atoms with Crippen LogP contribution in [-0.2, 0) is 0 Å². The molecule has 2 nitrogen and oxygen atoms in total. The molecule has 8 unspecified atom stereocenters. The largest absolute Gasteiger partial charge is 0.393 e. The molecule has 130 valence electrons. The van der Waals surface area contributed by atoms with Crippen LogP contribution in [0.1, 0.15) is 72.1 Å². The lowest BCUT2D eigenvalue weighted by molar-refractivity contribution is -0.153. The first-order valence-corrected chi connectivity index (χ1v) is 9.93. The maximum atomic E-state index is 11.1. The van der Waals surface area contributed by atoms with Crippen molar-refractivity contribution in [1.29, 1.82) is 0 Å². The maximum absolute atomic E-state index is 11.1. The fourth-order valence-corrected chi connectivity index (χ4v) is 7.52. The third-order valence-corrected chi connectivity index (χ3v) is 8.94. The van der Waals surface area contributed by atoms with Crippen molar-refractivity contribution in [2.75, 3.05) is 0 Å². The highest BCUT2D eigenvalue weighted by Gasteiger charge is 2.61. The van der Waals surface area contributed by atoms with Crippen molar-refractivity contribution in [2.24, 2.45) is 34.5 Å². The van der Waals surface area contributed by atoms with Gasteiger partial charge in [0.05, 0.1) is 12.2 Å². The third kappa shape index (κ3) is 2.07. The Morgan fingerprint density at radius 3 is 2.52 bits per heavy atom. The van der Waals surface area contributed by atoms with Gasteiger partial charge in [-0.1, -0.05) is 25.5 Å². The Morgan fingerprint density at radius 1 is 1.00 bits per heavy atom. The molecule has 0 aromatic heterocycles. The quantitative estimate of drug-likeness (QED) is 0.654. The van der Waals surface area contributed by atoms with Crippen LogP contribution in [0.3, 0.4) is 0 Å². The van der Waals surface area contributed by atoms with Gasteiger partial charge in [0.1, 0.15) is 0 Å². The summed E-state index contributed by atoms with van der Waals surface area (Å²) < 4.78 is 0. The maximum Gasteiger partial charge on any atom is 0.0636 e. The smallest absolute Gasteiger partial charge is 0.0636 e. The molecule has 0 radical (unpaired) electrons. The Balaban J connectivity index is 1.68. The van der Waals surface area contributed by atoms with Crippen molar-refractivity contribution in [2.45, 2.75) is 84.3 Å². The van der Waals surface area contributed by atoms with E-state index in [0.717, 1.165) is 31.6 Å². The lowest BCUT2D eigenvalue weighted by Gasteiger charge is -2.61. The van der Waals surface area contributed by atoms with Gasteiger partial charge in [-0.15, -0.1) is 0 Å². The van der Waals surface area contributed by atoms with E-state index in [-0.39, 0.29) is 17.6 Å². The number of allylic oxidation sites excluding steroid dienone is 1. The molecule has 2 N–H and O–H groups in total. The van der Waals surface area contributed by atoms with E-state index in [1.807, 2.05) is 0 Å². The van der Waals surface area contributed by atoms with Gasteiger partial charge in [-0.05, 0) is 87.4 Å². The van der Waals surface area contributed by atoms with Crippen molar-refractivity contribution >= 4 is 0 Å². The molecule has 4 aliphatic carbocycles. The van der Waals surface area contributed by atoms with Gasteiger partial charge in [-0.2, -0.15) is 0 Å². The average molecular weight is 319 g/mol. The number of aliphatic hydroxyl groups is 2. The molecule has 0 spiro atoms. The second kappa shape index (κ2) is 5.33. The summed E-state index contributed by atoms with van der Waals surface area (Å²) in [6.45, 7) is 6.99. The van der Waals surface area contributed by atoms with E-state index < -0.39 is 0 Å². The molecule has 2 heteroatoms. The molecule has 4 aliphatic rings. The van der Waals surface area contributed by atoms with Crippen LogP contribution in [0.5, 0.6) is 0 Å². The number of rotatable bonds is 0. The van der Waals surface area contributed by atoms with Gasteiger partial charge in [-0.25, -0.2) is 0 Å². The molecule has 4 rings (SSSR count). The van der Waals surface area contributed by atoms with Gasteiger partial charge in [0.25, 0.3) is 0 Å². The van der Waals surface area contributed by atoms with Crippen molar-refractivity contribution < 1.29 is 10.2 Å². The summed E-state index contributed by atoms with van der Waals surface area (Å²) in [5.41, 5.74) is 1.90. The number of hydrogen-bond acceptors (Lipinski definition) is 2. The molecule has 0 saturated heterocycles. The van der Waals surface area contributed by atoms with Gasteiger partial charge in [0, 0.05) is 5.41 Å². The van der Waals surface area contributed by atoms with Crippen LogP contribution in [0.2, 0.25) is 0 Å². The zero-order valence-electron chi connectivity index (χ0n) is 15.1. The second-order valence-electron chi connectivity index (χ2n) is 9.47. The van der Waals surface area contributed by atoms with E-state index in [1.165, 1.54) is 31.3 Å². The molecule has 0 bridgehead atoms. The molecule has 23 heavy (non-hydrogen) atoms. The molecule has 0 aliphatic heterocycles. The zero-order chi connectivity index (χ0) is 16.4. The molecule has 0 aromatic rings. The van der Waals surface area contributed by atoms with Crippen molar-refractivity contribution in [3.63, 3.8) is 0 Å². The van der Waals surface area contributed by atoms with Crippen LogP contribution in [-0.4, -0.2) is 22.4 Å². The van der Waals surface area contributed by atoms with E-state index in [4.69, 9.17) is 0 Å². The van der Waals surface area contributed by atoms with E-state index >= 15 is 0 Å². The first-order chi connectivity index (χ1) is 10.9. The summed E-state index contributed by atoms with van der Waals surface area (Å²) in [4.78, 5) is 0. The van der Waals surface area contributed by atoms with E-state index in [0.29, 0.717) is 23.2 Å². The van der Waals surface area contributed by atoms with Crippen molar-refractivity contribution in [3.8, 4) is 0 Å². The molecule has 4 fully saturated rings. The van der Waals surface area contributed by atoms with Crippen LogP contribution in [0.4, 0.5) is 0 Å². The topological polar surface area (TPSA) is 40.5 Å². The molecular formula is C21H34O2. The van der Waals surface area contributed by atoms with Gasteiger partial charge in [0.15, 0.2) is 0 Å². The van der Waals surface area contributed by atoms with Crippen LogP contribution in [0.25, 0.3) is 0 Å². The summed E-state index contributed by atoms with van der Waals surface area (Å²) in [6, 6.07) is 0. The summed E-state index contributed by atoms with van der Waals surface area (Å²) in [5.74, 6) is 2.80. The highest BCUT2D eigenvalue weighted by molar-refractivity contribution is 5.26. The first-order valence-electron chi connectivity index (χ1n) is 9.93. The Bertz CT molecular complexity index is 512. The van der Waals surface area contributed by atoms with Gasteiger partial charge in [0.2, 0.25) is 0 Å². The highest BCUT2D eigenvalue weighted by Crippen LogP contribution is 2.67. The number of hydrogen-bond donors (Lipinski definition) is 2. The first kappa shape index (κ1) is 16.1. The molecule has 0 heterocycles. The highest BCUT2D eigenvalue weighted by atomic mass is 16.3. The van der Waals surface area contributed by atoms with E-state index in [2.05, 4.69) is 26.8 Å². The van der Waals surface area contributed by atoms with E-state index in [9.17, 15) is 10.2 Å². The molecule has 0 amide bonds. The van der Waals surface area contributed by atoms with Crippen molar-refractivity contribution in [1.82, 2.24) is 0 Å². The predicted octanol–water partition coefficient (Wildman–Crippen LogP) is 4.31.